The molecule has 10 rings (SSSR count). The van der Waals surface area contributed by atoms with E-state index in [-0.39, 0.29) is 64.3 Å². The van der Waals surface area contributed by atoms with Crippen LogP contribution in [-0.2, 0) is 110 Å². The van der Waals surface area contributed by atoms with Gasteiger partial charge in [-0.3, -0.25) is 37.9 Å². The van der Waals surface area contributed by atoms with E-state index < -0.39 is 145 Å². The molecule has 6 atom stereocenters. The van der Waals surface area contributed by atoms with Crippen LogP contribution < -0.4 is 9.80 Å². The Bertz CT molecular complexity index is 6270. The molecule has 30 nitrogen and oxygen atoms in total. The zero-order valence-corrected chi connectivity index (χ0v) is 106. The normalized spacial score (nSPS) is 20.3. The number of carboxylic acid groups (broad SMARTS) is 2. The molecule has 0 bridgehead atoms. The van der Waals surface area contributed by atoms with Gasteiger partial charge in [-0.15, -0.1) is 36.4 Å². The summed E-state index contributed by atoms with van der Waals surface area (Å²) in [6.07, 6.45) is 33.4. The van der Waals surface area contributed by atoms with Gasteiger partial charge in [-0.1, -0.05) is 126 Å². The van der Waals surface area contributed by atoms with Gasteiger partial charge in [-0.2, -0.15) is 26.0 Å². The molecule has 4 aromatic rings. The summed E-state index contributed by atoms with van der Waals surface area (Å²) >= 11 is 27.0. The second-order valence-corrected chi connectivity index (χ2v) is 53.0. The molecular weight excluding hydrogens is 3250 g/mol. The van der Waals surface area contributed by atoms with Gasteiger partial charge in [0.05, 0.1) is 54.0 Å². The fourth-order valence-electron chi connectivity index (χ4n) is 18.1. The molecule has 140 heavy (non-hydrogen) atoms. The molecular formula is C94H106I12N6O24S4. The zero-order chi connectivity index (χ0) is 105. The molecule has 2 saturated heterocycles. The molecule has 0 saturated carbocycles. The molecule has 6 heterocycles. The van der Waals surface area contributed by atoms with Crippen LogP contribution in [0.15, 0.2) is 147 Å². The lowest BCUT2D eigenvalue weighted by Crippen LogP contribution is -2.44. The topological polar surface area (TPSA) is 438 Å². The summed E-state index contributed by atoms with van der Waals surface area (Å²) in [7, 11) is -18.2. The summed E-state index contributed by atoms with van der Waals surface area (Å²) in [4.78, 5) is 114. The van der Waals surface area contributed by atoms with Gasteiger partial charge in [0.1, 0.15) is 13.1 Å². The van der Waals surface area contributed by atoms with Crippen molar-refractivity contribution in [2.24, 2.45) is 11.8 Å². The number of halogens is 12. The molecule has 46 heteroatoms. The maximum Gasteiger partial charge on any atom is 0.337 e. The minimum Gasteiger partial charge on any atom is -0.748 e. The van der Waals surface area contributed by atoms with E-state index in [0.29, 0.717) is 115 Å². The molecule has 6 aliphatic heterocycles. The van der Waals surface area contributed by atoms with Crippen LogP contribution in [0.25, 0.3) is 0 Å². The van der Waals surface area contributed by atoms with Crippen LogP contribution in [0.2, 0.25) is 0 Å². The molecule has 4 amide bonds. The Morgan fingerprint density at radius 2 is 0.771 bits per heavy atom. The number of amides is 4. The Morgan fingerprint density at radius 3 is 1.12 bits per heavy atom. The molecule has 2 fully saturated rings. The molecule has 6 unspecified atom stereocenters. The van der Waals surface area contributed by atoms with Crippen LogP contribution in [0, 0.1) is 54.7 Å². The SMILES string of the molecule is C=C.C=C.CCCCC(C(=O)O)C1(C)/C(=C/C=C/C=C/C=C/C2=[N+](CCCS(=O)(=O)[O-])c3cc(I)c(I)c(I)c3C2(C)CCCCCC(=O)O)N(CS(=O)(=O)O)c2cc(I)c(I)c(I)c21.CCCCC(C(=O)ON1C(=O)CCC1=O)C1(C)/C(=C/C=C/C=C/C=C/C2=[N+](CCCS(=O)(=O)[O-])c3cc(I)c(I)c(I)c3C2(C)CCCCCC(=O)ON2C(=O)CCC2=O)N(CS(=O)(=O)O)c2cc(I)c(I)c(I)c21. The second kappa shape index (κ2) is 55.2. The Hall–Kier alpha value is -2.22. The number of unbranched alkanes of at least 4 members (excludes halogenated alkanes) is 6. The van der Waals surface area contributed by atoms with Crippen molar-refractivity contribution in [2.75, 3.05) is 46.1 Å². The van der Waals surface area contributed by atoms with Crippen molar-refractivity contribution in [3.8, 4) is 0 Å². The van der Waals surface area contributed by atoms with Crippen LogP contribution in [-0.4, -0.2) is 177 Å². The number of aliphatic carboxylic acids is 2. The highest BCUT2D eigenvalue weighted by atomic mass is 127. The molecule has 0 aromatic heterocycles. The third-order valence-corrected chi connectivity index (χ3v) is 47.7. The quantitative estimate of drug-likeness (QED) is 0.00467. The summed E-state index contributed by atoms with van der Waals surface area (Å²) in [5.74, 6) is -10.3. The van der Waals surface area contributed by atoms with Crippen molar-refractivity contribution in [3.63, 3.8) is 0 Å². The average molecular weight is 3360 g/mol. The van der Waals surface area contributed by atoms with Gasteiger partial charge in [0.2, 0.25) is 11.4 Å². The molecule has 0 radical (unpaired) electrons. The van der Waals surface area contributed by atoms with Crippen LogP contribution in [0.3, 0.4) is 0 Å². The number of imide groups is 2. The highest BCUT2D eigenvalue weighted by Crippen LogP contribution is 2.59. The van der Waals surface area contributed by atoms with Gasteiger partial charge in [0.15, 0.2) is 23.2 Å². The van der Waals surface area contributed by atoms with Crippen LogP contribution in [0.1, 0.15) is 205 Å². The fraction of sp³-hybridized carbons (Fsp3) is 0.426. The Labute approximate surface area is 982 Å². The predicted molar refractivity (Wildman–Crippen MR) is 639 cm³/mol. The van der Waals surface area contributed by atoms with Gasteiger partial charge in [0, 0.05) is 175 Å². The van der Waals surface area contributed by atoms with Crippen molar-refractivity contribution in [2.45, 2.75) is 204 Å². The summed E-state index contributed by atoms with van der Waals surface area (Å²) in [6, 6.07) is 7.77. The number of rotatable bonds is 44. The summed E-state index contributed by atoms with van der Waals surface area (Å²) in [5.41, 5.74) is 5.19. The summed E-state index contributed by atoms with van der Waals surface area (Å²) < 4.78 is 157. The molecule has 0 spiro atoms. The Morgan fingerprint density at radius 1 is 0.443 bits per heavy atom. The highest BCUT2D eigenvalue weighted by Gasteiger charge is 2.58. The molecule has 764 valence electrons. The first-order valence-corrected chi connectivity index (χ1v) is 63.3. The predicted octanol–water partition coefficient (Wildman–Crippen LogP) is 22.1. The third kappa shape index (κ3) is 31.1. The van der Waals surface area contributed by atoms with Gasteiger partial charge in [0.25, 0.3) is 43.9 Å². The van der Waals surface area contributed by atoms with Crippen molar-refractivity contribution >= 4 is 393 Å². The van der Waals surface area contributed by atoms with Gasteiger partial charge in [-0.05, 0) is 362 Å². The number of nitrogens with zero attached hydrogens (tertiary/aromatic N) is 6. The van der Waals surface area contributed by atoms with Gasteiger partial charge in [-0.25, -0.2) is 26.4 Å². The first kappa shape index (κ1) is 125. The number of carbonyl (C=O) groups excluding carboxylic acids is 6. The van der Waals surface area contributed by atoms with E-state index in [1.807, 2.05) is 57.2 Å². The first-order valence-electron chi connectivity index (χ1n) is 43.9. The summed E-state index contributed by atoms with van der Waals surface area (Å²) in [5, 5.41) is 20.9. The van der Waals surface area contributed by atoms with Gasteiger partial charge >= 0.3 is 23.9 Å². The van der Waals surface area contributed by atoms with Crippen LogP contribution in [0.5, 0.6) is 0 Å². The van der Waals surface area contributed by atoms with E-state index in [4.69, 9.17) is 9.68 Å². The van der Waals surface area contributed by atoms with E-state index in [9.17, 15) is 100 Å². The fourth-order valence-corrected chi connectivity index (χ4v) is 30.9. The monoisotopic (exact) mass is 3350 g/mol. The van der Waals surface area contributed by atoms with E-state index in [0.717, 1.165) is 96.0 Å². The lowest BCUT2D eigenvalue weighted by molar-refractivity contribution is -0.437. The van der Waals surface area contributed by atoms with Crippen LogP contribution >= 0.6 is 271 Å². The Balaban J connectivity index is 0.000000375. The molecule has 6 aliphatic rings. The van der Waals surface area contributed by atoms with E-state index >= 15 is 0 Å². The largest absolute Gasteiger partial charge is 0.748 e. The minimum atomic E-state index is -4.67. The standard InChI is InChI=1S/C49H52I6N4O14S2.C41H46I6N2O10S2.2C2H4/c1-4-5-15-29(47(65)73-59-38(62)21-22-39(59)63)49(3)35(57(28-75(69,70)71)33-27-31(51)44(53)46(55)42(33)49)17-11-8-6-7-10-16-34-48(2,23-13-9-12-18-40(64)72-58-36(60)19-20-37(58)61)41-32(26-30(50)43(52)45(41)54)56(34)24-14-25-74(66,67)68;1-4-5-15-25(39(52)53)41(3)31(49(24-61(57,58)59)29-23-27(43)36(45)38(47)34(29)41)17-11-8-6-7-10-16-30-40(2,19-13-9-12-18-32(50)51)33-28(22-26(42)35(44)37(33)46)48(30)20-14-21-60(54,55)56;2*1-2/h6-8,10-11,16-17,26-27,29H,4-5,9,12-15,18-25,28H2,1-3H3,(H-,66,67,68,69,70,71);6-8,10-11,16-17,22-23,25H,4-5,9,12-15,18-21,24H2,1-3H3,(H3-,50,51,52,53,54,55,56,57,58,59);2*1-2H2. The zero-order valence-electron chi connectivity index (χ0n) is 77.0. The number of carboxylic acids is 2. The number of fused-ring (bicyclic) bond motifs is 4. The maximum absolute atomic E-state index is 14.4. The van der Waals surface area contributed by atoms with Gasteiger partial charge < -0.3 is 38.8 Å². The summed E-state index contributed by atoms with van der Waals surface area (Å²) in [6.45, 7) is 24.4. The minimum absolute atomic E-state index is 0.00289. The van der Waals surface area contributed by atoms with E-state index in [1.54, 1.807) is 67.7 Å². The van der Waals surface area contributed by atoms with Crippen molar-refractivity contribution < 1.29 is 119 Å². The number of hydrogen-bond donors (Lipinski definition) is 4. The van der Waals surface area contributed by atoms with Crippen molar-refractivity contribution in [1.29, 1.82) is 0 Å². The number of benzene rings is 4. The third-order valence-electron chi connectivity index (χ3n) is 24.5. The molecule has 4 aromatic carbocycles. The number of hydrogen-bond acceptors (Lipinski definition) is 22. The second-order valence-electron chi connectivity index (χ2n) is 33.8. The highest BCUT2D eigenvalue weighted by molar-refractivity contribution is 14.1. The number of carbonyl (C=O) groups is 8. The lowest BCUT2D eigenvalue weighted by atomic mass is 9.69. The number of hydroxylamine groups is 4. The molecule has 4 N–H and O–H groups in total. The molecule has 0 aliphatic carbocycles. The van der Waals surface area contributed by atoms with Crippen LogP contribution in [0.4, 0.5) is 22.7 Å². The van der Waals surface area contributed by atoms with E-state index in [1.165, 1.54) is 9.80 Å². The first-order chi connectivity index (χ1) is 65.6. The maximum atomic E-state index is 14.4. The smallest absolute Gasteiger partial charge is 0.337 e. The van der Waals surface area contributed by atoms with E-state index in [2.05, 4.69) is 333 Å². The number of allylic oxidation sites excluding steroid dienone is 16. The number of anilines is 2. The Kier molecular flexibility index (Phi) is 49.1. The average Bonchev–Trinajstić information content (AvgIpc) is 1.57. The van der Waals surface area contributed by atoms with Crippen molar-refractivity contribution in [3.05, 3.63) is 212 Å². The lowest BCUT2D eigenvalue weighted by Gasteiger charge is -2.36. The van der Waals surface area contributed by atoms with Crippen molar-refractivity contribution in [1.82, 2.24) is 10.1 Å².